The van der Waals surface area contributed by atoms with Gasteiger partial charge >= 0.3 is 6.18 Å². The van der Waals surface area contributed by atoms with Crippen molar-refractivity contribution >= 4 is 11.8 Å². The average molecular weight is 474 g/mol. The number of carbonyl (C=O) groups excluding carboxylic acids is 2. The highest BCUT2D eigenvalue weighted by Gasteiger charge is 2.34. The standard InChI is InChI=1S/C23H21F3N4O4/c1-13-7-14(2)30(29-13)17-5-3-16(18(9-17)23(24,25)26)10-27-21(31)11-28-22(32)15-4-6-19-20(8-15)34-12-33-19/h3-9H,10-12H2,1-2H3,(H,27,31)(H,28,32). The quantitative estimate of drug-likeness (QED) is 0.572. The Morgan fingerprint density at radius 3 is 2.50 bits per heavy atom. The predicted octanol–water partition coefficient (Wildman–Crippen LogP) is 3.28. The maximum atomic E-state index is 13.7. The van der Waals surface area contributed by atoms with E-state index in [-0.39, 0.29) is 30.2 Å². The number of fused-ring (bicyclic) bond motifs is 1. The number of rotatable bonds is 6. The minimum atomic E-state index is -4.63. The summed E-state index contributed by atoms with van der Waals surface area (Å²) in [6.45, 7) is 2.80. The molecule has 1 aliphatic heterocycles. The average Bonchev–Trinajstić information content (AvgIpc) is 3.40. The number of nitrogens with one attached hydrogen (secondary N) is 2. The lowest BCUT2D eigenvalue weighted by atomic mass is 10.1. The first-order valence-corrected chi connectivity index (χ1v) is 10.3. The number of hydrogen-bond donors (Lipinski definition) is 2. The highest BCUT2D eigenvalue weighted by molar-refractivity contribution is 5.97. The molecule has 11 heteroatoms. The largest absolute Gasteiger partial charge is 0.454 e. The molecule has 8 nitrogen and oxygen atoms in total. The number of benzene rings is 2. The van der Waals surface area contributed by atoms with Gasteiger partial charge in [-0.2, -0.15) is 18.3 Å². The monoisotopic (exact) mass is 474 g/mol. The molecule has 0 unspecified atom stereocenters. The van der Waals surface area contributed by atoms with Crippen LogP contribution in [-0.2, 0) is 17.5 Å². The van der Waals surface area contributed by atoms with Crippen molar-refractivity contribution in [3.63, 3.8) is 0 Å². The molecule has 4 rings (SSSR count). The molecule has 34 heavy (non-hydrogen) atoms. The Morgan fingerprint density at radius 2 is 1.79 bits per heavy atom. The second-order valence-corrected chi connectivity index (χ2v) is 7.71. The van der Waals surface area contributed by atoms with Crippen LogP contribution in [0, 0.1) is 13.8 Å². The molecule has 2 aromatic carbocycles. The fourth-order valence-corrected chi connectivity index (χ4v) is 3.56. The first-order valence-electron chi connectivity index (χ1n) is 10.3. The second-order valence-electron chi connectivity index (χ2n) is 7.71. The molecule has 178 valence electrons. The third-order valence-corrected chi connectivity index (χ3v) is 5.17. The number of halogens is 3. The molecule has 0 bridgehead atoms. The number of nitrogens with zero attached hydrogens (tertiary/aromatic N) is 2. The summed E-state index contributed by atoms with van der Waals surface area (Å²) in [5.74, 6) is -0.233. The smallest absolute Gasteiger partial charge is 0.416 e. The Bertz CT molecular complexity index is 1250. The molecule has 1 aromatic heterocycles. The molecular weight excluding hydrogens is 453 g/mol. The number of alkyl halides is 3. The van der Waals surface area contributed by atoms with Crippen molar-refractivity contribution in [2.75, 3.05) is 13.3 Å². The Labute approximate surface area is 192 Å². The predicted molar refractivity (Wildman–Crippen MR) is 115 cm³/mol. The van der Waals surface area contributed by atoms with Crippen LogP contribution >= 0.6 is 0 Å². The van der Waals surface area contributed by atoms with E-state index in [4.69, 9.17) is 9.47 Å². The van der Waals surface area contributed by atoms with Gasteiger partial charge in [0.15, 0.2) is 11.5 Å². The van der Waals surface area contributed by atoms with E-state index >= 15 is 0 Å². The first-order chi connectivity index (χ1) is 16.1. The zero-order chi connectivity index (χ0) is 24.5. The molecular formula is C23H21F3N4O4. The number of hydrogen-bond acceptors (Lipinski definition) is 5. The number of aryl methyl sites for hydroxylation is 2. The SMILES string of the molecule is Cc1cc(C)n(-c2ccc(CNC(=O)CNC(=O)c3ccc4c(c3)OCO4)c(C(F)(F)F)c2)n1. The summed E-state index contributed by atoms with van der Waals surface area (Å²) >= 11 is 0. The van der Waals surface area contributed by atoms with Crippen molar-refractivity contribution in [2.24, 2.45) is 0 Å². The van der Waals surface area contributed by atoms with Gasteiger partial charge in [-0.15, -0.1) is 0 Å². The molecule has 3 aromatic rings. The van der Waals surface area contributed by atoms with Crippen molar-refractivity contribution < 1.29 is 32.2 Å². The van der Waals surface area contributed by atoms with Gasteiger partial charge in [-0.05, 0) is 55.8 Å². The third-order valence-electron chi connectivity index (χ3n) is 5.17. The molecule has 2 amide bonds. The van der Waals surface area contributed by atoms with Crippen LogP contribution in [0.3, 0.4) is 0 Å². The summed E-state index contributed by atoms with van der Waals surface area (Å²) in [5, 5.41) is 9.06. The number of ether oxygens (including phenoxy) is 2. The van der Waals surface area contributed by atoms with E-state index in [0.717, 1.165) is 6.07 Å². The number of carbonyl (C=O) groups is 2. The van der Waals surface area contributed by atoms with E-state index in [2.05, 4.69) is 15.7 Å². The molecule has 0 saturated heterocycles. The van der Waals surface area contributed by atoms with Crippen LogP contribution in [0.5, 0.6) is 11.5 Å². The first kappa shape index (κ1) is 23.1. The minimum absolute atomic E-state index is 0.0604. The van der Waals surface area contributed by atoms with Crippen molar-refractivity contribution in [3.8, 4) is 17.2 Å². The van der Waals surface area contributed by atoms with Gasteiger partial charge in [0.1, 0.15) is 0 Å². The molecule has 2 N–H and O–H groups in total. The van der Waals surface area contributed by atoms with Crippen LogP contribution < -0.4 is 20.1 Å². The van der Waals surface area contributed by atoms with Crippen LogP contribution in [0.4, 0.5) is 13.2 Å². The van der Waals surface area contributed by atoms with E-state index in [9.17, 15) is 22.8 Å². The van der Waals surface area contributed by atoms with Crippen molar-refractivity contribution in [1.82, 2.24) is 20.4 Å². The summed E-state index contributed by atoms with van der Waals surface area (Å²) in [5.41, 5.74) is 0.936. The van der Waals surface area contributed by atoms with Crippen LogP contribution in [0.1, 0.15) is 32.9 Å². The highest BCUT2D eigenvalue weighted by Crippen LogP contribution is 2.34. The van der Waals surface area contributed by atoms with E-state index in [1.807, 2.05) is 0 Å². The van der Waals surface area contributed by atoms with Gasteiger partial charge in [0.2, 0.25) is 12.7 Å². The summed E-state index contributed by atoms with van der Waals surface area (Å²) in [6.07, 6.45) is -4.63. The lowest BCUT2D eigenvalue weighted by molar-refractivity contribution is -0.138. The molecule has 0 aliphatic carbocycles. The summed E-state index contributed by atoms with van der Waals surface area (Å²) < 4.78 is 52.9. The van der Waals surface area contributed by atoms with E-state index in [1.54, 1.807) is 26.0 Å². The fraction of sp³-hybridized carbons (Fsp3) is 0.261. The zero-order valence-corrected chi connectivity index (χ0v) is 18.3. The van der Waals surface area contributed by atoms with Gasteiger partial charge in [0, 0.05) is 17.8 Å². The molecule has 0 spiro atoms. The Kier molecular flexibility index (Phi) is 6.18. The lowest BCUT2D eigenvalue weighted by Crippen LogP contribution is -2.36. The molecule has 0 saturated carbocycles. The normalized spacial score (nSPS) is 12.5. The summed E-state index contributed by atoms with van der Waals surface area (Å²) in [6, 6.07) is 10.2. The van der Waals surface area contributed by atoms with Gasteiger partial charge < -0.3 is 20.1 Å². The van der Waals surface area contributed by atoms with Crippen molar-refractivity contribution in [1.29, 1.82) is 0 Å². The third kappa shape index (κ3) is 4.98. The summed E-state index contributed by atoms with van der Waals surface area (Å²) in [4.78, 5) is 24.4. The molecule has 1 aliphatic rings. The van der Waals surface area contributed by atoms with E-state index in [0.29, 0.717) is 22.9 Å². The van der Waals surface area contributed by atoms with Gasteiger partial charge in [0.25, 0.3) is 5.91 Å². The maximum Gasteiger partial charge on any atom is 0.416 e. The van der Waals surface area contributed by atoms with Crippen molar-refractivity contribution in [2.45, 2.75) is 26.6 Å². The Balaban J connectivity index is 1.40. The second kappa shape index (κ2) is 9.08. The van der Waals surface area contributed by atoms with Gasteiger partial charge in [-0.3, -0.25) is 9.59 Å². The Hall–Kier alpha value is -4.02. The maximum absolute atomic E-state index is 13.7. The molecule has 2 heterocycles. The minimum Gasteiger partial charge on any atom is -0.454 e. The molecule has 0 radical (unpaired) electrons. The van der Waals surface area contributed by atoms with Crippen molar-refractivity contribution in [3.05, 3.63) is 70.5 Å². The molecule has 0 atom stereocenters. The zero-order valence-electron chi connectivity index (χ0n) is 18.3. The number of amides is 2. The van der Waals surface area contributed by atoms with Gasteiger partial charge in [-0.1, -0.05) is 6.07 Å². The van der Waals surface area contributed by atoms with Gasteiger partial charge in [-0.25, -0.2) is 4.68 Å². The van der Waals surface area contributed by atoms with E-state index in [1.165, 1.54) is 28.9 Å². The Morgan fingerprint density at radius 1 is 1.03 bits per heavy atom. The number of aromatic nitrogens is 2. The fourth-order valence-electron chi connectivity index (χ4n) is 3.56. The van der Waals surface area contributed by atoms with Gasteiger partial charge in [0.05, 0.1) is 23.5 Å². The van der Waals surface area contributed by atoms with Crippen LogP contribution in [-0.4, -0.2) is 34.9 Å². The topological polar surface area (TPSA) is 94.5 Å². The summed E-state index contributed by atoms with van der Waals surface area (Å²) in [7, 11) is 0. The van der Waals surface area contributed by atoms with Crippen LogP contribution in [0.2, 0.25) is 0 Å². The van der Waals surface area contributed by atoms with Crippen LogP contribution in [0.15, 0.2) is 42.5 Å². The molecule has 0 fully saturated rings. The highest BCUT2D eigenvalue weighted by atomic mass is 19.4. The van der Waals surface area contributed by atoms with E-state index < -0.39 is 30.1 Å². The lowest BCUT2D eigenvalue weighted by Gasteiger charge is -2.16. The van der Waals surface area contributed by atoms with Crippen LogP contribution in [0.25, 0.3) is 5.69 Å².